The molecule has 1 spiro atoms. The van der Waals surface area contributed by atoms with Crippen molar-refractivity contribution in [3.05, 3.63) is 24.3 Å². The zero-order chi connectivity index (χ0) is 42.0. The summed E-state index contributed by atoms with van der Waals surface area (Å²) in [6.07, 6.45) is 5.53. The Morgan fingerprint density at radius 2 is 1.38 bits per heavy atom. The molecule has 1 N–H and O–H groups in total. The summed E-state index contributed by atoms with van der Waals surface area (Å²) in [6.45, 7) is 13.9. The predicted octanol–water partition coefficient (Wildman–Crippen LogP) is 5.28. The zero-order valence-electron chi connectivity index (χ0n) is 36.2. The average molecular weight is 879 g/mol. The minimum absolute atomic E-state index is 0.0222. The molecule has 342 valence electrons. The van der Waals surface area contributed by atoms with Crippen LogP contribution in [-0.2, 0) is 65.7 Å². The van der Waals surface area contributed by atoms with Crippen molar-refractivity contribution in [1.29, 1.82) is 0 Å². The van der Waals surface area contributed by atoms with Crippen LogP contribution in [0.25, 0.3) is 0 Å². The summed E-state index contributed by atoms with van der Waals surface area (Å²) in [5.74, 6) is -2.26. The molecule has 0 amide bonds. The number of hydrogen-bond acceptors (Lipinski definition) is 15. The summed E-state index contributed by atoms with van der Waals surface area (Å²) in [7, 11) is -0.941. The molecule has 0 aromatic carbocycles. The largest absolute Gasteiger partial charge is 0.375 e. The van der Waals surface area contributed by atoms with Crippen LogP contribution in [0.3, 0.4) is 0 Å². The van der Waals surface area contributed by atoms with Crippen molar-refractivity contribution >= 4 is 7.60 Å². The Hall–Kier alpha value is -0.850. The van der Waals surface area contributed by atoms with Crippen LogP contribution in [0.1, 0.15) is 97.3 Å². The van der Waals surface area contributed by atoms with Gasteiger partial charge in [0.1, 0.15) is 36.7 Å². The van der Waals surface area contributed by atoms with Crippen LogP contribution in [0.2, 0.25) is 0 Å². The predicted molar refractivity (Wildman–Crippen MR) is 216 cm³/mol. The van der Waals surface area contributed by atoms with E-state index < -0.39 is 31.4 Å². The third-order valence-corrected chi connectivity index (χ3v) is 18.4. The Labute approximate surface area is 359 Å². The second kappa shape index (κ2) is 16.2. The van der Waals surface area contributed by atoms with E-state index in [4.69, 9.17) is 61.2 Å². The first-order valence-corrected chi connectivity index (χ1v) is 25.1. The molecule has 12 saturated heterocycles. The molecule has 12 aliphatic rings. The van der Waals surface area contributed by atoms with Gasteiger partial charge in [-0.1, -0.05) is 27.0 Å². The quantitative estimate of drug-likeness (QED) is 0.287. The molecule has 12 bridgehead atoms. The van der Waals surface area contributed by atoms with Crippen molar-refractivity contribution in [2.75, 3.05) is 27.0 Å². The summed E-state index contributed by atoms with van der Waals surface area (Å²) >= 11 is 0. The molecule has 12 heterocycles. The van der Waals surface area contributed by atoms with Crippen molar-refractivity contribution in [2.24, 2.45) is 11.8 Å². The van der Waals surface area contributed by atoms with Gasteiger partial charge in [-0.05, 0) is 68.4 Å². The highest BCUT2D eigenvalue weighted by Gasteiger charge is 2.69. The van der Waals surface area contributed by atoms with E-state index in [2.05, 4.69) is 27.0 Å². The van der Waals surface area contributed by atoms with Gasteiger partial charge in [0.05, 0.1) is 79.4 Å². The maximum Gasteiger partial charge on any atom is 0.335 e. The molecule has 16 heteroatoms. The van der Waals surface area contributed by atoms with Crippen LogP contribution in [0.4, 0.5) is 0 Å². The molecule has 0 radical (unpaired) electrons. The fraction of sp³-hybridized carbons (Fsp3) is 0.911. The van der Waals surface area contributed by atoms with E-state index in [9.17, 15) is 9.67 Å². The molecular weight excluding hydrogens is 811 g/mol. The Bertz CT molecular complexity index is 1730. The summed E-state index contributed by atoms with van der Waals surface area (Å²) in [5.41, 5.74) is 2.22. The van der Waals surface area contributed by atoms with Gasteiger partial charge >= 0.3 is 7.60 Å². The maximum absolute atomic E-state index is 13.1. The van der Waals surface area contributed by atoms with Gasteiger partial charge in [-0.2, -0.15) is 0 Å². The summed E-state index contributed by atoms with van der Waals surface area (Å²) in [6, 6.07) is 0. The number of aliphatic hydroxyl groups is 1. The van der Waals surface area contributed by atoms with Gasteiger partial charge in [-0.3, -0.25) is 4.57 Å². The van der Waals surface area contributed by atoms with E-state index in [0.717, 1.165) is 62.5 Å². The number of hydrogen-bond donors (Lipinski definition) is 1. The van der Waals surface area contributed by atoms with Gasteiger partial charge < -0.3 is 66.3 Å². The molecule has 1 unspecified atom stereocenters. The summed E-state index contributed by atoms with van der Waals surface area (Å²) in [5, 5.41) is 11.5. The van der Waals surface area contributed by atoms with Crippen molar-refractivity contribution in [3.63, 3.8) is 0 Å². The van der Waals surface area contributed by atoms with Gasteiger partial charge in [-0.25, -0.2) is 0 Å². The SMILES string of the molecule is C=C1C[C@@H]2CC[C@@]34C[C@H]5O[C@H]6[C@@H](O3)[C@H]3O[C@@H](CCO[C@@H]7[C@@H](C)[C@@H]8O[C@@H]9CC(O)(CP(=O)(OC)OC)O[C@@H]9C[C@@H]8O[C@H]7C[C@H]7O[C@@H](CC[C@@H]1O2)C[C@@H](C)C7=C)CC[C@@H]3O[C@H]6[C@H]5O4. The average Bonchev–Trinajstić information content (AvgIpc) is 3.92. The highest BCUT2D eigenvalue weighted by Crippen LogP contribution is 2.56. The Balaban J connectivity index is 0.849. The van der Waals surface area contributed by atoms with Crippen LogP contribution in [0.15, 0.2) is 24.3 Å². The molecule has 0 aromatic heterocycles. The first-order valence-electron chi connectivity index (χ1n) is 23.3. The van der Waals surface area contributed by atoms with Gasteiger partial charge in [0.15, 0.2) is 11.6 Å². The normalized spacial score (nSPS) is 54.4. The van der Waals surface area contributed by atoms with Crippen molar-refractivity contribution in [2.45, 2.75) is 219 Å². The second-order valence-corrected chi connectivity index (χ2v) is 22.6. The molecule has 61 heavy (non-hydrogen) atoms. The lowest BCUT2D eigenvalue weighted by Gasteiger charge is -2.51. The smallest absolute Gasteiger partial charge is 0.335 e. The number of ether oxygens (including phenoxy) is 11. The summed E-state index contributed by atoms with van der Waals surface area (Å²) < 4.78 is 98.3. The van der Waals surface area contributed by atoms with Crippen LogP contribution < -0.4 is 0 Å². The fourth-order valence-electron chi connectivity index (χ4n) is 13.1. The third kappa shape index (κ3) is 7.72. The lowest BCUT2D eigenvalue weighted by Crippen LogP contribution is -2.62. The third-order valence-electron chi connectivity index (χ3n) is 16.4. The topological polar surface area (TPSA) is 157 Å². The van der Waals surface area contributed by atoms with Gasteiger partial charge in [-0.15, -0.1) is 0 Å². The molecule has 12 fully saturated rings. The molecule has 22 atom stereocenters. The second-order valence-electron chi connectivity index (χ2n) is 20.3. The molecule has 0 aliphatic carbocycles. The van der Waals surface area contributed by atoms with Crippen molar-refractivity contribution in [1.82, 2.24) is 0 Å². The highest BCUT2D eigenvalue weighted by molar-refractivity contribution is 7.53. The first kappa shape index (κ1) is 42.8. The summed E-state index contributed by atoms with van der Waals surface area (Å²) in [4.78, 5) is 0. The molecule has 12 rings (SSSR count). The Morgan fingerprint density at radius 1 is 0.639 bits per heavy atom. The zero-order valence-corrected chi connectivity index (χ0v) is 37.1. The van der Waals surface area contributed by atoms with E-state index >= 15 is 0 Å². The van der Waals surface area contributed by atoms with Crippen LogP contribution in [0.5, 0.6) is 0 Å². The lowest BCUT2D eigenvalue weighted by atomic mass is 9.79. The van der Waals surface area contributed by atoms with Crippen LogP contribution in [0, 0.1) is 11.8 Å². The molecule has 12 aliphatic heterocycles. The van der Waals surface area contributed by atoms with Gasteiger partial charge in [0, 0.05) is 58.8 Å². The Morgan fingerprint density at radius 3 is 2.21 bits per heavy atom. The highest BCUT2D eigenvalue weighted by atomic mass is 31.2. The van der Waals surface area contributed by atoms with E-state index in [1.165, 1.54) is 14.2 Å². The minimum Gasteiger partial charge on any atom is -0.375 e. The molecule has 15 nitrogen and oxygen atoms in total. The number of fused-ring (bicyclic) bond motifs is 8. The van der Waals surface area contributed by atoms with Gasteiger partial charge in [0.25, 0.3) is 0 Å². The van der Waals surface area contributed by atoms with Gasteiger partial charge in [0.2, 0.25) is 0 Å². The molecule has 0 aromatic rings. The van der Waals surface area contributed by atoms with E-state index in [1.54, 1.807) is 0 Å². The van der Waals surface area contributed by atoms with Crippen molar-refractivity contribution in [3.8, 4) is 0 Å². The molecular formula is C45H67O15P. The number of rotatable bonds is 4. The Kier molecular flexibility index (Phi) is 11.3. The standard InChI is InChI=1S/C45H67O15P/c1-22-15-27-8-9-29-23(2)16-28(51-29)11-13-45-20-36-40(59-45)41-42(57-36)43(60-45)39-30(55-41)10-7-26(53-39)12-14-50-37-25(4)38-34(54-33(37)17-31(52-27)24(22)3)18-32-35(56-38)19-44(46,58-32)21-61(47,48-5)49-6/h22,25-43,46H,2-3,7-21H2,1,4-6H3/t22-,25-,26-,27+,28+,29+,30+,31-,32-,33+,34+,35-,36-,37-,38+,39+,40+,41+,42-,43+,44?,45+/m1/s1. The van der Waals surface area contributed by atoms with Crippen LogP contribution >= 0.6 is 7.60 Å². The van der Waals surface area contributed by atoms with E-state index in [-0.39, 0.29) is 122 Å². The lowest BCUT2D eigenvalue weighted by molar-refractivity contribution is -0.294. The fourth-order valence-corrected chi connectivity index (χ4v) is 14.4. The first-order chi connectivity index (χ1) is 29.3. The van der Waals surface area contributed by atoms with Crippen LogP contribution in [-0.4, -0.2) is 154 Å². The monoisotopic (exact) mass is 878 g/mol. The minimum atomic E-state index is -3.56. The maximum atomic E-state index is 13.1. The van der Waals surface area contributed by atoms with E-state index in [1.807, 2.05) is 0 Å². The van der Waals surface area contributed by atoms with Crippen molar-refractivity contribution < 1.29 is 70.8 Å². The van der Waals surface area contributed by atoms with E-state index in [0.29, 0.717) is 32.3 Å². The molecule has 0 saturated carbocycles.